The topological polar surface area (TPSA) is 33.7 Å². The third-order valence-corrected chi connectivity index (χ3v) is 4.74. The maximum Gasteiger partial charge on any atom is 0.166 e. The highest BCUT2D eigenvalue weighted by atomic mass is 35.5. The molecule has 1 aromatic carbocycles. The van der Waals surface area contributed by atoms with Gasteiger partial charge in [-0.15, -0.1) is 0 Å². The fraction of sp³-hybridized carbons (Fsp3) is 0.625. The van der Waals surface area contributed by atoms with E-state index in [-0.39, 0.29) is 11.6 Å². The Bertz CT molecular complexity index is 523. The van der Waals surface area contributed by atoms with Crippen molar-refractivity contribution in [3.8, 4) is 11.5 Å². The minimum absolute atomic E-state index is 0.0941. The largest absolute Gasteiger partial charge is 0.493 e. The van der Waals surface area contributed by atoms with Crippen LogP contribution in [0.3, 0.4) is 0 Å². The molecule has 0 saturated carbocycles. The van der Waals surface area contributed by atoms with Crippen molar-refractivity contribution in [3.05, 3.63) is 22.7 Å². The highest BCUT2D eigenvalue weighted by Gasteiger charge is 2.36. The van der Waals surface area contributed by atoms with Crippen LogP contribution in [-0.2, 0) is 5.54 Å². The first-order chi connectivity index (χ1) is 10.0. The lowest BCUT2D eigenvalue weighted by atomic mass is 9.89. The monoisotopic (exact) mass is 310 g/mol. The minimum Gasteiger partial charge on any atom is -0.493 e. The van der Waals surface area contributed by atoms with Crippen LogP contribution in [-0.4, -0.2) is 44.8 Å². The van der Waals surface area contributed by atoms with Crippen LogP contribution in [0.1, 0.15) is 25.3 Å². The third kappa shape index (κ3) is 2.85. The third-order valence-electron chi connectivity index (χ3n) is 4.52. The summed E-state index contributed by atoms with van der Waals surface area (Å²) in [6.07, 6.45) is 2.47. The maximum atomic E-state index is 6.28. The number of nitrogens with zero attached hydrogens (tertiary/aromatic N) is 1. The first-order valence-electron chi connectivity index (χ1n) is 7.50. The van der Waals surface area contributed by atoms with Crippen molar-refractivity contribution in [2.75, 3.05) is 33.8 Å². The van der Waals surface area contributed by atoms with Gasteiger partial charge in [-0.3, -0.25) is 4.90 Å². The predicted octanol–water partition coefficient (Wildman–Crippen LogP) is 2.64. The number of likely N-dealkylation sites (tertiary alicyclic amines) is 1. The Morgan fingerprint density at radius 3 is 2.71 bits per heavy atom. The second-order valence-electron chi connectivity index (χ2n) is 6.31. The van der Waals surface area contributed by atoms with Crippen LogP contribution >= 0.6 is 11.6 Å². The van der Waals surface area contributed by atoms with E-state index in [1.807, 2.05) is 12.1 Å². The molecule has 0 amide bonds. The molecule has 2 saturated heterocycles. The summed E-state index contributed by atoms with van der Waals surface area (Å²) >= 11 is 6.28. The van der Waals surface area contributed by atoms with Gasteiger partial charge in [0.2, 0.25) is 0 Å². The predicted molar refractivity (Wildman–Crippen MR) is 84.5 cm³/mol. The highest BCUT2D eigenvalue weighted by Crippen LogP contribution is 2.44. The Morgan fingerprint density at radius 2 is 2.14 bits per heavy atom. The van der Waals surface area contributed by atoms with Gasteiger partial charge in [0.15, 0.2) is 11.5 Å². The molecular weight excluding hydrogens is 288 g/mol. The molecule has 3 rings (SSSR count). The van der Waals surface area contributed by atoms with Crippen LogP contribution in [0.5, 0.6) is 11.5 Å². The van der Waals surface area contributed by atoms with Gasteiger partial charge in [0.05, 0.1) is 7.11 Å². The van der Waals surface area contributed by atoms with Gasteiger partial charge in [0, 0.05) is 35.3 Å². The van der Waals surface area contributed by atoms with E-state index in [1.54, 1.807) is 7.11 Å². The van der Waals surface area contributed by atoms with E-state index >= 15 is 0 Å². The fourth-order valence-electron chi connectivity index (χ4n) is 3.26. The summed E-state index contributed by atoms with van der Waals surface area (Å²) in [7, 11) is 3.76. The summed E-state index contributed by atoms with van der Waals surface area (Å²) in [6, 6.07) is 3.85. The van der Waals surface area contributed by atoms with Crippen LogP contribution in [0.25, 0.3) is 0 Å². The first kappa shape index (κ1) is 14.9. The van der Waals surface area contributed by atoms with Crippen molar-refractivity contribution in [3.63, 3.8) is 0 Å². The molecule has 5 heteroatoms. The standard InChI is InChI=1S/C16H23ClN2O2/c1-16(5-4-6-18-16)13-7-11(17)8-14(20-3)15(13)21-12-9-19(2)10-12/h7-8,12,18H,4-6,9-10H2,1-3H3. The van der Waals surface area contributed by atoms with Gasteiger partial charge >= 0.3 is 0 Å². The van der Waals surface area contributed by atoms with Gasteiger partial charge in [0.1, 0.15) is 6.10 Å². The Balaban J connectivity index is 1.97. The summed E-state index contributed by atoms with van der Waals surface area (Å²) in [5.74, 6) is 1.57. The molecule has 2 aliphatic heterocycles. The van der Waals surface area contributed by atoms with E-state index in [1.165, 1.54) is 0 Å². The molecule has 116 valence electrons. The molecule has 1 aromatic rings. The molecule has 4 nitrogen and oxygen atoms in total. The summed E-state index contributed by atoms with van der Waals surface area (Å²) in [5.41, 5.74) is 1.02. The second kappa shape index (κ2) is 5.67. The van der Waals surface area contributed by atoms with E-state index in [4.69, 9.17) is 21.1 Å². The number of benzene rings is 1. The molecule has 1 N–H and O–H groups in total. The van der Waals surface area contributed by atoms with E-state index in [2.05, 4.69) is 24.2 Å². The van der Waals surface area contributed by atoms with Crippen molar-refractivity contribution >= 4 is 11.6 Å². The zero-order valence-corrected chi connectivity index (χ0v) is 13.7. The van der Waals surface area contributed by atoms with E-state index < -0.39 is 0 Å². The number of hydrogen-bond acceptors (Lipinski definition) is 4. The average Bonchev–Trinajstić information content (AvgIpc) is 2.86. The normalized spacial score (nSPS) is 26.7. The van der Waals surface area contributed by atoms with E-state index in [9.17, 15) is 0 Å². The molecule has 0 radical (unpaired) electrons. The molecule has 1 atom stereocenters. The van der Waals surface area contributed by atoms with Crippen LogP contribution in [0.4, 0.5) is 0 Å². The number of hydrogen-bond donors (Lipinski definition) is 1. The second-order valence-corrected chi connectivity index (χ2v) is 6.74. The van der Waals surface area contributed by atoms with E-state index in [0.29, 0.717) is 5.02 Å². The Labute approximate surface area is 131 Å². The Kier molecular flexibility index (Phi) is 4.04. The lowest BCUT2D eigenvalue weighted by Crippen LogP contribution is -2.51. The van der Waals surface area contributed by atoms with Crippen molar-refractivity contribution < 1.29 is 9.47 Å². The number of methoxy groups -OCH3 is 1. The smallest absolute Gasteiger partial charge is 0.166 e. The number of rotatable bonds is 4. The van der Waals surface area contributed by atoms with Crippen LogP contribution in [0.15, 0.2) is 12.1 Å². The lowest BCUT2D eigenvalue weighted by Gasteiger charge is -2.38. The maximum absolute atomic E-state index is 6.28. The molecule has 0 spiro atoms. The lowest BCUT2D eigenvalue weighted by molar-refractivity contribution is 0.0353. The quantitative estimate of drug-likeness (QED) is 0.927. The zero-order chi connectivity index (χ0) is 15.0. The summed E-state index contributed by atoms with van der Waals surface area (Å²) in [4.78, 5) is 2.24. The van der Waals surface area contributed by atoms with Gasteiger partial charge in [-0.25, -0.2) is 0 Å². The number of ether oxygens (including phenoxy) is 2. The van der Waals surface area contributed by atoms with Crippen LogP contribution < -0.4 is 14.8 Å². The molecule has 1 unspecified atom stereocenters. The highest BCUT2D eigenvalue weighted by molar-refractivity contribution is 6.30. The molecular formula is C16H23ClN2O2. The fourth-order valence-corrected chi connectivity index (χ4v) is 3.47. The van der Waals surface area contributed by atoms with Gasteiger partial charge in [-0.05, 0) is 39.4 Å². The van der Waals surface area contributed by atoms with Crippen molar-refractivity contribution in [1.82, 2.24) is 10.2 Å². The van der Waals surface area contributed by atoms with Gasteiger partial charge in [-0.2, -0.15) is 0 Å². The van der Waals surface area contributed by atoms with Crippen molar-refractivity contribution in [1.29, 1.82) is 0 Å². The van der Waals surface area contributed by atoms with Crippen molar-refractivity contribution in [2.24, 2.45) is 0 Å². The molecule has 2 heterocycles. The van der Waals surface area contributed by atoms with Gasteiger partial charge in [0.25, 0.3) is 0 Å². The molecule has 0 bridgehead atoms. The summed E-state index contributed by atoms with van der Waals surface area (Å²) in [6.45, 7) is 5.15. The van der Waals surface area contributed by atoms with Crippen LogP contribution in [0.2, 0.25) is 5.02 Å². The van der Waals surface area contributed by atoms with Gasteiger partial charge < -0.3 is 14.8 Å². The first-order valence-corrected chi connectivity index (χ1v) is 7.88. The number of nitrogens with one attached hydrogen (secondary N) is 1. The van der Waals surface area contributed by atoms with E-state index in [0.717, 1.165) is 49.5 Å². The summed E-state index contributed by atoms with van der Waals surface area (Å²) in [5, 5.41) is 4.27. The van der Waals surface area contributed by atoms with Crippen LogP contribution in [0, 0.1) is 0 Å². The minimum atomic E-state index is -0.0941. The average molecular weight is 311 g/mol. The number of likely N-dealkylation sites (N-methyl/N-ethyl adjacent to an activating group) is 1. The molecule has 0 aliphatic carbocycles. The molecule has 0 aromatic heterocycles. The van der Waals surface area contributed by atoms with Gasteiger partial charge in [-0.1, -0.05) is 11.6 Å². The Hall–Kier alpha value is -0.970. The Morgan fingerprint density at radius 1 is 1.38 bits per heavy atom. The number of halogens is 1. The molecule has 2 fully saturated rings. The summed E-state index contributed by atoms with van der Waals surface area (Å²) < 4.78 is 11.8. The molecule has 2 aliphatic rings. The molecule has 21 heavy (non-hydrogen) atoms. The van der Waals surface area contributed by atoms with Crippen molar-refractivity contribution in [2.45, 2.75) is 31.4 Å². The zero-order valence-electron chi connectivity index (χ0n) is 12.9. The SMILES string of the molecule is COc1cc(Cl)cc(C2(C)CCCN2)c1OC1CN(C)C1.